The Morgan fingerprint density at radius 3 is 2.81 bits per heavy atom. The van der Waals surface area contributed by atoms with Crippen LogP contribution in [0.25, 0.3) is 0 Å². The van der Waals surface area contributed by atoms with Crippen molar-refractivity contribution in [2.45, 2.75) is 0 Å². The van der Waals surface area contributed by atoms with Gasteiger partial charge in [-0.2, -0.15) is 4.98 Å². The van der Waals surface area contributed by atoms with Gasteiger partial charge in [0.1, 0.15) is 17.9 Å². The van der Waals surface area contributed by atoms with Gasteiger partial charge in [-0.25, -0.2) is 9.37 Å². The van der Waals surface area contributed by atoms with E-state index < -0.39 is 0 Å². The molecule has 0 radical (unpaired) electrons. The first kappa shape index (κ1) is 10.8. The molecule has 0 atom stereocenters. The summed E-state index contributed by atoms with van der Waals surface area (Å²) in [6.45, 7) is 0. The highest BCUT2D eigenvalue weighted by Crippen LogP contribution is 2.32. The number of hydrogen-bond acceptors (Lipinski definition) is 4. The Hall–Kier alpha value is -1.69. The minimum atomic E-state index is -0.382. The second-order valence-electron chi connectivity index (χ2n) is 2.89. The number of benzene rings is 1. The van der Waals surface area contributed by atoms with Crippen molar-refractivity contribution in [3.05, 3.63) is 41.0 Å². The molecule has 0 aliphatic rings. The minimum absolute atomic E-state index is 0.106. The van der Waals surface area contributed by atoms with Crippen molar-refractivity contribution in [1.29, 1.82) is 0 Å². The third kappa shape index (κ3) is 2.27. The van der Waals surface area contributed by atoms with Crippen molar-refractivity contribution < 1.29 is 14.2 Å². The summed E-state index contributed by atoms with van der Waals surface area (Å²) in [5, 5.41) is 9.35. The average Bonchev–Trinajstić information content (AvgIpc) is 2.25. The van der Waals surface area contributed by atoms with Crippen molar-refractivity contribution in [2.24, 2.45) is 0 Å². The summed E-state index contributed by atoms with van der Waals surface area (Å²) in [6.07, 6.45) is 2.51. The first-order valence-corrected chi connectivity index (χ1v) is 5.08. The van der Waals surface area contributed by atoms with E-state index >= 15 is 0 Å². The Morgan fingerprint density at radius 1 is 1.31 bits per heavy atom. The zero-order valence-electron chi connectivity index (χ0n) is 7.89. The summed E-state index contributed by atoms with van der Waals surface area (Å²) in [6, 6.07) is 3.95. The van der Waals surface area contributed by atoms with Gasteiger partial charge in [0.25, 0.3) is 5.88 Å². The molecule has 6 heteroatoms. The molecule has 1 aromatic carbocycles. The number of aromatic hydroxyl groups is 1. The van der Waals surface area contributed by atoms with E-state index in [0.29, 0.717) is 10.2 Å². The van der Waals surface area contributed by atoms with E-state index in [0.717, 1.165) is 0 Å². The summed E-state index contributed by atoms with van der Waals surface area (Å²) in [7, 11) is 0. The van der Waals surface area contributed by atoms with Crippen LogP contribution in [0.4, 0.5) is 4.39 Å². The number of halogens is 2. The van der Waals surface area contributed by atoms with E-state index in [9.17, 15) is 9.50 Å². The normalized spacial score (nSPS) is 10.1. The van der Waals surface area contributed by atoms with Crippen molar-refractivity contribution in [3.63, 3.8) is 0 Å². The molecule has 0 aliphatic carbocycles. The zero-order valence-corrected chi connectivity index (χ0v) is 9.48. The van der Waals surface area contributed by atoms with Gasteiger partial charge in [-0.3, -0.25) is 0 Å². The fraction of sp³-hybridized carbons (Fsp3) is 0. The minimum Gasteiger partial charge on any atom is -0.491 e. The summed E-state index contributed by atoms with van der Waals surface area (Å²) in [5.41, 5.74) is 0. The van der Waals surface area contributed by atoms with Crippen LogP contribution in [-0.4, -0.2) is 15.1 Å². The lowest BCUT2D eigenvalue weighted by Gasteiger charge is -2.07. The van der Waals surface area contributed by atoms with Crippen molar-refractivity contribution in [2.75, 3.05) is 0 Å². The smallest absolute Gasteiger partial charge is 0.258 e. The van der Waals surface area contributed by atoms with E-state index in [-0.39, 0.29) is 17.4 Å². The first-order valence-electron chi connectivity index (χ1n) is 4.28. The topological polar surface area (TPSA) is 55.2 Å². The van der Waals surface area contributed by atoms with Gasteiger partial charge in [0.15, 0.2) is 0 Å². The van der Waals surface area contributed by atoms with E-state index in [4.69, 9.17) is 4.74 Å². The molecule has 0 fully saturated rings. The zero-order chi connectivity index (χ0) is 11.5. The summed E-state index contributed by atoms with van der Waals surface area (Å²) < 4.78 is 18.6. The summed E-state index contributed by atoms with van der Waals surface area (Å²) in [4.78, 5) is 7.26. The maximum atomic E-state index is 12.8. The highest BCUT2D eigenvalue weighted by atomic mass is 79.9. The highest BCUT2D eigenvalue weighted by molar-refractivity contribution is 9.10. The van der Waals surface area contributed by atoms with Gasteiger partial charge in [0, 0.05) is 0 Å². The molecule has 0 bridgehead atoms. The predicted molar refractivity (Wildman–Crippen MR) is 57.9 cm³/mol. The second kappa shape index (κ2) is 4.44. The maximum absolute atomic E-state index is 12.8. The number of nitrogens with zero attached hydrogens (tertiary/aromatic N) is 2. The van der Waals surface area contributed by atoms with Crippen LogP contribution >= 0.6 is 15.9 Å². The molecule has 0 spiro atoms. The molecule has 1 N–H and O–H groups in total. The van der Waals surface area contributed by atoms with Gasteiger partial charge in [0.05, 0.1) is 10.7 Å². The lowest BCUT2D eigenvalue weighted by atomic mass is 10.3. The molecule has 16 heavy (non-hydrogen) atoms. The van der Waals surface area contributed by atoms with Crippen LogP contribution in [0.1, 0.15) is 0 Å². The number of rotatable bonds is 2. The molecule has 0 saturated heterocycles. The second-order valence-corrected chi connectivity index (χ2v) is 3.74. The molecule has 82 valence electrons. The van der Waals surface area contributed by atoms with Crippen LogP contribution in [0.3, 0.4) is 0 Å². The average molecular weight is 285 g/mol. The van der Waals surface area contributed by atoms with Crippen LogP contribution < -0.4 is 4.74 Å². The Balaban J connectivity index is 2.31. The van der Waals surface area contributed by atoms with Gasteiger partial charge in [-0.05, 0) is 34.1 Å². The quantitative estimate of drug-likeness (QED) is 0.921. The van der Waals surface area contributed by atoms with Gasteiger partial charge < -0.3 is 9.84 Å². The Bertz CT molecular complexity index is 522. The van der Waals surface area contributed by atoms with Crippen LogP contribution in [-0.2, 0) is 0 Å². The van der Waals surface area contributed by atoms with Gasteiger partial charge in [-0.1, -0.05) is 0 Å². The van der Waals surface area contributed by atoms with Gasteiger partial charge in [0.2, 0.25) is 5.75 Å². The van der Waals surface area contributed by atoms with Crippen LogP contribution in [0, 0.1) is 5.82 Å². The van der Waals surface area contributed by atoms with E-state index in [1.54, 1.807) is 0 Å². The monoisotopic (exact) mass is 284 g/mol. The fourth-order valence-electron chi connectivity index (χ4n) is 1.06. The molecule has 1 heterocycles. The van der Waals surface area contributed by atoms with Crippen molar-refractivity contribution in [1.82, 2.24) is 9.97 Å². The third-order valence-electron chi connectivity index (χ3n) is 1.77. The molecule has 1 aromatic heterocycles. The standard InChI is InChI=1S/C10H6BrFN2O2/c11-7-3-6(12)1-2-8(7)16-9-4-13-5-14-10(9)15/h1-5H,(H,13,14,15). The largest absolute Gasteiger partial charge is 0.491 e. The number of hydrogen-bond donors (Lipinski definition) is 1. The Morgan fingerprint density at radius 2 is 2.12 bits per heavy atom. The molecule has 0 aliphatic heterocycles. The van der Waals surface area contributed by atoms with Crippen LogP contribution in [0.5, 0.6) is 17.4 Å². The molecule has 0 saturated carbocycles. The van der Waals surface area contributed by atoms with Gasteiger partial charge in [-0.15, -0.1) is 0 Å². The Labute approximate surface area is 98.9 Å². The van der Waals surface area contributed by atoms with Crippen LogP contribution in [0.15, 0.2) is 35.2 Å². The molecule has 4 nitrogen and oxygen atoms in total. The lowest BCUT2D eigenvalue weighted by Crippen LogP contribution is -1.89. The van der Waals surface area contributed by atoms with E-state index in [2.05, 4.69) is 25.9 Å². The third-order valence-corrected chi connectivity index (χ3v) is 2.39. The molecular weight excluding hydrogens is 279 g/mol. The molecular formula is C10H6BrFN2O2. The molecule has 0 amide bonds. The molecule has 0 unspecified atom stereocenters. The van der Waals surface area contributed by atoms with Crippen molar-refractivity contribution >= 4 is 15.9 Å². The van der Waals surface area contributed by atoms with Crippen molar-refractivity contribution in [3.8, 4) is 17.4 Å². The molecule has 2 rings (SSSR count). The number of aromatic nitrogens is 2. The summed E-state index contributed by atoms with van der Waals surface area (Å²) >= 11 is 3.14. The predicted octanol–water partition coefficient (Wildman–Crippen LogP) is 2.88. The van der Waals surface area contributed by atoms with Gasteiger partial charge >= 0.3 is 0 Å². The Kier molecular flexibility index (Phi) is 3.00. The van der Waals surface area contributed by atoms with E-state index in [1.165, 1.54) is 30.7 Å². The first-order chi connectivity index (χ1) is 7.66. The highest BCUT2D eigenvalue weighted by Gasteiger charge is 2.08. The fourth-order valence-corrected chi connectivity index (χ4v) is 1.49. The molecule has 2 aromatic rings. The summed E-state index contributed by atoms with van der Waals surface area (Å²) in [5.74, 6) is -0.180. The lowest BCUT2D eigenvalue weighted by molar-refractivity contribution is 0.391. The maximum Gasteiger partial charge on any atom is 0.258 e. The SMILES string of the molecule is Oc1ncncc1Oc1ccc(F)cc1Br. The van der Waals surface area contributed by atoms with Crippen LogP contribution in [0.2, 0.25) is 0 Å². The number of ether oxygens (including phenoxy) is 1. The van der Waals surface area contributed by atoms with E-state index in [1.807, 2.05) is 0 Å².